The van der Waals surface area contributed by atoms with E-state index in [4.69, 9.17) is 5.11 Å². The number of hydrogen-bond donors (Lipinski definition) is 2. The smallest absolute Gasteiger partial charge is 0.337 e. The highest BCUT2D eigenvalue weighted by Crippen LogP contribution is 2.13. The summed E-state index contributed by atoms with van der Waals surface area (Å²) in [5.41, 5.74) is 2.16. The lowest BCUT2D eigenvalue weighted by Gasteiger charge is -2.03. The van der Waals surface area contributed by atoms with E-state index in [9.17, 15) is 4.79 Å². The largest absolute Gasteiger partial charge is 0.478 e. The standard InChI is InChI=1S/C9H14N2O2/c1-6-8(9(12)13)4-7(5-10-2)11(6)3/h4,10H,5H2,1-3H3,(H,12,13). The molecule has 0 saturated carbocycles. The first-order chi connectivity index (χ1) is 6.07. The maximum absolute atomic E-state index is 10.8. The highest BCUT2D eigenvalue weighted by Gasteiger charge is 2.13. The number of aromatic carboxylic acids is 1. The average Bonchev–Trinajstić information content (AvgIpc) is 2.33. The van der Waals surface area contributed by atoms with Gasteiger partial charge in [-0.3, -0.25) is 0 Å². The molecule has 0 fully saturated rings. The zero-order chi connectivity index (χ0) is 10.0. The molecule has 0 aliphatic carbocycles. The number of aromatic nitrogens is 1. The Bertz CT molecular complexity index is 329. The van der Waals surface area contributed by atoms with Crippen LogP contribution in [-0.2, 0) is 13.6 Å². The number of carbonyl (C=O) groups is 1. The molecule has 1 aromatic heterocycles. The molecule has 1 aromatic rings. The third kappa shape index (κ3) is 1.72. The third-order valence-corrected chi connectivity index (χ3v) is 2.22. The van der Waals surface area contributed by atoms with Crippen molar-refractivity contribution in [3.63, 3.8) is 0 Å². The minimum Gasteiger partial charge on any atom is -0.478 e. The van der Waals surface area contributed by atoms with Crippen LogP contribution < -0.4 is 5.32 Å². The van der Waals surface area contributed by atoms with Crippen LogP contribution in [0.5, 0.6) is 0 Å². The van der Waals surface area contributed by atoms with Gasteiger partial charge in [-0.25, -0.2) is 4.79 Å². The van der Waals surface area contributed by atoms with Crippen molar-refractivity contribution in [2.75, 3.05) is 7.05 Å². The summed E-state index contributed by atoms with van der Waals surface area (Å²) in [6.45, 7) is 2.49. The van der Waals surface area contributed by atoms with Crippen molar-refractivity contribution in [2.45, 2.75) is 13.5 Å². The van der Waals surface area contributed by atoms with Crippen LogP contribution in [0.15, 0.2) is 6.07 Å². The molecule has 0 aliphatic heterocycles. The normalized spacial score (nSPS) is 10.4. The Labute approximate surface area is 77.2 Å². The van der Waals surface area contributed by atoms with Gasteiger partial charge in [0.25, 0.3) is 0 Å². The van der Waals surface area contributed by atoms with Gasteiger partial charge in [0, 0.05) is 25.0 Å². The first-order valence-corrected chi connectivity index (χ1v) is 4.11. The van der Waals surface area contributed by atoms with Gasteiger partial charge in [0.15, 0.2) is 0 Å². The van der Waals surface area contributed by atoms with Gasteiger partial charge in [-0.05, 0) is 20.0 Å². The van der Waals surface area contributed by atoms with Crippen LogP contribution >= 0.6 is 0 Å². The summed E-state index contributed by atoms with van der Waals surface area (Å²) in [6, 6.07) is 1.70. The van der Waals surface area contributed by atoms with Crippen LogP contribution in [0.4, 0.5) is 0 Å². The zero-order valence-corrected chi connectivity index (χ0v) is 8.09. The van der Waals surface area contributed by atoms with Gasteiger partial charge in [0.2, 0.25) is 0 Å². The van der Waals surface area contributed by atoms with Gasteiger partial charge in [0.1, 0.15) is 0 Å². The highest BCUT2D eigenvalue weighted by atomic mass is 16.4. The SMILES string of the molecule is CNCc1cc(C(=O)O)c(C)n1C. The van der Waals surface area contributed by atoms with Crippen LogP contribution in [-0.4, -0.2) is 22.7 Å². The first kappa shape index (κ1) is 9.80. The Morgan fingerprint density at radius 2 is 2.31 bits per heavy atom. The number of carboxylic acid groups (broad SMARTS) is 1. The van der Waals surface area contributed by atoms with Crippen molar-refractivity contribution in [1.82, 2.24) is 9.88 Å². The van der Waals surface area contributed by atoms with E-state index in [-0.39, 0.29) is 0 Å². The Morgan fingerprint density at radius 3 is 2.69 bits per heavy atom. The molecule has 4 heteroatoms. The molecule has 2 N–H and O–H groups in total. The minimum absolute atomic E-state index is 0.382. The molecule has 0 aliphatic rings. The molecule has 0 saturated heterocycles. The summed E-state index contributed by atoms with van der Waals surface area (Å²) in [6.07, 6.45) is 0. The lowest BCUT2D eigenvalue weighted by Crippen LogP contribution is -2.09. The Hall–Kier alpha value is -1.29. The van der Waals surface area contributed by atoms with Gasteiger partial charge in [-0.2, -0.15) is 0 Å². The lowest BCUT2D eigenvalue weighted by atomic mass is 10.2. The molecule has 0 spiro atoms. The van der Waals surface area contributed by atoms with Crippen molar-refractivity contribution in [3.8, 4) is 0 Å². The number of carboxylic acids is 1. The maximum atomic E-state index is 10.8. The predicted molar refractivity (Wildman–Crippen MR) is 49.9 cm³/mol. The van der Waals surface area contributed by atoms with E-state index in [1.807, 2.05) is 25.6 Å². The molecule has 13 heavy (non-hydrogen) atoms. The van der Waals surface area contributed by atoms with Crippen LogP contribution in [0.3, 0.4) is 0 Å². The summed E-state index contributed by atoms with van der Waals surface area (Å²) < 4.78 is 1.89. The van der Waals surface area contributed by atoms with Gasteiger partial charge in [-0.15, -0.1) is 0 Å². The fourth-order valence-corrected chi connectivity index (χ4v) is 1.33. The summed E-state index contributed by atoms with van der Waals surface area (Å²) in [4.78, 5) is 10.8. The number of hydrogen-bond acceptors (Lipinski definition) is 2. The maximum Gasteiger partial charge on any atom is 0.337 e. The monoisotopic (exact) mass is 182 g/mol. The van der Waals surface area contributed by atoms with E-state index in [2.05, 4.69) is 5.32 Å². The molecular formula is C9H14N2O2. The van der Waals surface area contributed by atoms with Gasteiger partial charge in [-0.1, -0.05) is 0 Å². The molecule has 4 nitrogen and oxygen atoms in total. The second-order valence-corrected chi connectivity index (χ2v) is 3.03. The molecule has 0 bridgehead atoms. The highest BCUT2D eigenvalue weighted by molar-refractivity contribution is 5.89. The predicted octanol–water partition coefficient (Wildman–Crippen LogP) is 0.751. The molecule has 0 atom stereocenters. The van der Waals surface area contributed by atoms with Crippen molar-refractivity contribution in [1.29, 1.82) is 0 Å². The molecule has 1 rings (SSSR count). The van der Waals surface area contributed by atoms with E-state index in [1.54, 1.807) is 6.07 Å². The fourth-order valence-electron chi connectivity index (χ4n) is 1.33. The van der Waals surface area contributed by atoms with Crippen LogP contribution in [0, 0.1) is 6.92 Å². The Kier molecular flexibility index (Phi) is 2.72. The van der Waals surface area contributed by atoms with Crippen molar-refractivity contribution in [3.05, 3.63) is 23.0 Å². The van der Waals surface area contributed by atoms with Gasteiger partial charge < -0.3 is 15.0 Å². The molecule has 0 radical (unpaired) electrons. The van der Waals surface area contributed by atoms with E-state index in [0.29, 0.717) is 12.1 Å². The number of rotatable bonds is 3. The van der Waals surface area contributed by atoms with Crippen LogP contribution in [0.1, 0.15) is 21.7 Å². The van der Waals surface area contributed by atoms with Crippen molar-refractivity contribution in [2.24, 2.45) is 7.05 Å². The molecule has 0 aromatic carbocycles. The zero-order valence-electron chi connectivity index (χ0n) is 8.09. The van der Waals surface area contributed by atoms with Crippen LogP contribution in [0.2, 0.25) is 0 Å². The summed E-state index contributed by atoms with van der Waals surface area (Å²) in [5.74, 6) is -0.865. The summed E-state index contributed by atoms with van der Waals surface area (Å²) >= 11 is 0. The van der Waals surface area contributed by atoms with Gasteiger partial charge in [0.05, 0.1) is 5.56 Å². The quantitative estimate of drug-likeness (QED) is 0.725. The third-order valence-electron chi connectivity index (χ3n) is 2.22. The number of nitrogens with one attached hydrogen (secondary N) is 1. The molecule has 72 valence electrons. The van der Waals surface area contributed by atoms with E-state index in [1.165, 1.54) is 0 Å². The van der Waals surface area contributed by atoms with E-state index >= 15 is 0 Å². The molecule has 1 heterocycles. The minimum atomic E-state index is -0.865. The first-order valence-electron chi connectivity index (χ1n) is 4.11. The molecule has 0 amide bonds. The fraction of sp³-hybridized carbons (Fsp3) is 0.444. The topological polar surface area (TPSA) is 54.3 Å². The van der Waals surface area contributed by atoms with Crippen molar-refractivity contribution >= 4 is 5.97 Å². The van der Waals surface area contributed by atoms with Gasteiger partial charge >= 0.3 is 5.97 Å². The second-order valence-electron chi connectivity index (χ2n) is 3.03. The summed E-state index contributed by atoms with van der Waals surface area (Å²) in [5, 5.41) is 11.8. The summed E-state index contributed by atoms with van der Waals surface area (Å²) in [7, 11) is 3.71. The Balaban J connectivity index is 3.12. The second kappa shape index (κ2) is 3.62. The molecule has 0 unspecified atom stereocenters. The lowest BCUT2D eigenvalue weighted by molar-refractivity contribution is 0.0696. The van der Waals surface area contributed by atoms with Crippen molar-refractivity contribution < 1.29 is 9.90 Å². The van der Waals surface area contributed by atoms with E-state index < -0.39 is 5.97 Å². The Morgan fingerprint density at radius 1 is 1.69 bits per heavy atom. The number of nitrogens with zero attached hydrogens (tertiary/aromatic N) is 1. The van der Waals surface area contributed by atoms with E-state index in [0.717, 1.165) is 11.4 Å². The average molecular weight is 182 g/mol. The van der Waals surface area contributed by atoms with Crippen LogP contribution in [0.25, 0.3) is 0 Å². The molecular weight excluding hydrogens is 168 g/mol.